The number of carbonyl (C=O) groups excluding carboxylic acids is 2. The maximum atomic E-state index is 15.1. The van der Waals surface area contributed by atoms with Gasteiger partial charge in [-0.3, -0.25) is 9.59 Å². The van der Waals surface area contributed by atoms with E-state index in [1.165, 1.54) is 50.0 Å². The first kappa shape index (κ1) is 39.2. The molecule has 0 fully saturated rings. The number of amides is 1. The summed E-state index contributed by atoms with van der Waals surface area (Å²) in [5, 5.41) is 13.5. The van der Waals surface area contributed by atoms with E-state index in [2.05, 4.69) is 44.3 Å². The number of fused-ring (bicyclic) bond motifs is 1. The third-order valence-corrected chi connectivity index (χ3v) is 9.03. The number of rotatable bonds is 14. The first-order valence-electron chi connectivity index (χ1n) is 18.0. The molecule has 0 radical (unpaired) electrons. The number of ether oxygens (including phenoxy) is 1. The van der Waals surface area contributed by atoms with Crippen molar-refractivity contribution in [3.8, 4) is 22.5 Å². The predicted octanol–water partition coefficient (Wildman–Crippen LogP) is 9.08. The van der Waals surface area contributed by atoms with Gasteiger partial charge in [0.25, 0.3) is 5.91 Å². The summed E-state index contributed by atoms with van der Waals surface area (Å²) in [7, 11) is 2.10. The lowest BCUT2D eigenvalue weighted by Crippen LogP contribution is -2.23. The van der Waals surface area contributed by atoms with Crippen LogP contribution in [0.1, 0.15) is 93.8 Å². The number of unbranched alkanes of at least 4 members (excludes halogenated alkanes) is 3. The Balaban J connectivity index is 1.24. The number of aromatic amines is 1. The van der Waals surface area contributed by atoms with Gasteiger partial charge >= 0.3 is 5.97 Å². The number of halogens is 2. The van der Waals surface area contributed by atoms with Crippen LogP contribution in [0.25, 0.3) is 33.5 Å². The Hall–Kier alpha value is -5.00. The number of carbonyl (C=O) groups is 2. The second-order valence-electron chi connectivity index (χ2n) is 15.2. The molecule has 0 aliphatic rings. The van der Waals surface area contributed by atoms with E-state index < -0.39 is 28.7 Å². The van der Waals surface area contributed by atoms with Crippen molar-refractivity contribution in [3.63, 3.8) is 0 Å². The highest BCUT2D eigenvalue weighted by atomic mass is 19.1. The maximum absolute atomic E-state index is 15.1. The molecule has 1 amide bonds. The van der Waals surface area contributed by atoms with Crippen molar-refractivity contribution in [2.75, 3.05) is 18.9 Å². The molecule has 0 saturated carbocycles. The first-order chi connectivity index (χ1) is 25.0. The zero-order chi connectivity index (χ0) is 38.5. The van der Waals surface area contributed by atoms with Crippen molar-refractivity contribution in [1.82, 2.24) is 19.9 Å². The molecule has 0 aliphatic heterocycles. The standard InChI is InChI=1S/C42H49F2N5O4/c1-26-32(21-30(43)22-35(26)48-40(51)31-18-17-29(20-34(31)44)42(5,6)52)38-33-23-36(47-39(33)46-25-45-38)28-15-13-27(14-16-28)24-49(7)19-11-9-8-10-12-37(50)53-41(2,3)4/h13-18,20-23,25,52H,8-12,19,24H2,1-7H3,(H,48,51)(H,45,46,47). The first-order valence-corrected chi connectivity index (χ1v) is 18.0. The molecule has 2 heterocycles. The average molecular weight is 726 g/mol. The van der Waals surface area contributed by atoms with E-state index in [1.54, 1.807) is 6.92 Å². The second-order valence-corrected chi connectivity index (χ2v) is 15.2. The molecule has 3 N–H and O–H groups in total. The van der Waals surface area contributed by atoms with Crippen LogP contribution in [0.5, 0.6) is 0 Å². The number of hydrogen-bond donors (Lipinski definition) is 3. The fraction of sp³-hybridized carbons (Fsp3) is 0.381. The Bertz CT molecular complexity index is 2080. The van der Waals surface area contributed by atoms with Crippen molar-refractivity contribution in [1.29, 1.82) is 0 Å². The lowest BCUT2D eigenvalue weighted by molar-refractivity contribution is -0.154. The normalized spacial score (nSPS) is 12.1. The Morgan fingerprint density at radius 2 is 1.64 bits per heavy atom. The molecule has 53 heavy (non-hydrogen) atoms. The summed E-state index contributed by atoms with van der Waals surface area (Å²) in [5.74, 6) is -2.28. The van der Waals surface area contributed by atoms with Gasteiger partial charge in [-0.2, -0.15) is 0 Å². The number of H-pyrrole nitrogens is 1. The number of aliphatic hydroxyl groups is 1. The molecule has 2 aromatic heterocycles. The predicted molar refractivity (Wildman–Crippen MR) is 204 cm³/mol. The van der Waals surface area contributed by atoms with Gasteiger partial charge in [-0.15, -0.1) is 0 Å². The Labute approximate surface area is 309 Å². The summed E-state index contributed by atoms with van der Waals surface area (Å²) in [6.07, 6.45) is 5.81. The molecule has 0 aliphatic carbocycles. The van der Waals surface area contributed by atoms with Gasteiger partial charge in [0.05, 0.1) is 16.9 Å². The van der Waals surface area contributed by atoms with Crippen LogP contribution in [0.4, 0.5) is 14.5 Å². The summed E-state index contributed by atoms with van der Waals surface area (Å²) in [6, 6.07) is 16.7. The maximum Gasteiger partial charge on any atom is 0.306 e. The smallest absolute Gasteiger partial charge is 0.306 e. The summed E-state index contributed by atoms with van der Waals surface area (Å²) >= 11 is 0. The molecular formula is C42H49F2N5O4. The highest BCUT2D eigenvalue weighted by Crippen LogP contribution is 2.35. The Morgan fingerprint density at radius 3 is 2.32 bits per heavy atom. The Kier molecular flexibility index (Phi) is 12.1. The van der Waals surface area contributed by atoms with Crippen LogP contribution >= 0.6 is 0 Å². The van der Waals surface area contributed by atoms with Crippen molar-refractivity contribution in [3.05, 3.63) is 101 Å². The minimum atomic E-state index is -1.28. The molecule has 0 unspecified atom stereocenters. The molecule has 0 spiro atoms. The van der Waals surface area contributed by atoms with E-state index in [4.69, 9.17) is 4.74 Å². The van der Waals surface area contributed by atoms with Gasteiger partial charge < -0.3 is 25.0 Å². The van der Waals surface area contributed by atoms with Crippen molar-refractivity contribution >= 4 is 28.6 Å². The fourth-order valence-corrected chi connectivity index (χ4v) is 6.21. The number of nitrogens with one attached hydrogen (secondary N) is 2. The van der Waals surface area contributed by atoms with Crippen LogP contribution in [-0.4, -0.2) is 56.0 Å². The molecule has 5 aromatic rings. The van der Waals surface area contributed by atoms with E-state index in [9.17, 15) is 19.1 Å². The number of nitrogens with zero attached hydrogens (tertiary/aromatic N) is 3. The van der Waals surface area contributed by atoms with Crippen LogP contribution in [0.2, 0.25) is 0 Å². The molecule has 0 bridgehead atoms. The lowest BCUT2D eigenvalue weighted by Gasteiger charge is -2.19. The van der Waals surface area contributed by atoms with Crippen LogP contribution < -0.4 is 5.32 Å². The topological polar surface area (TPSA) is 120 Å². The van der Waals surface area contributed by atoms with Gasteiger partial charge in [-0.25, -0.2) is 18.7 Å². The van der Waals surface area contributed by atoms with E-state index in [-0.39, 0.29) is 17.2 Å². The third kappa shape index (κ3) is 10.3. The molecule has 3 aromatic carbocycles. The zero-order valence-electron chi connectivity index (χ0n) is 31.6. The number of benzene rings is 3. The summed E-state index contributed by atoms with van der Waals surface area (Å²) in [5.41, 5.74) is 3.56. The van der Waals surface area contributed by atoms with Crippen LogP contribution in [0.3, 0.4) is 0 Å². The summed E-state index contributed by atoms with van der Waals surface area (Å²) in [4.78, 5) is 39.6. The van der Waals surface area contributed by atoms with Crippen molar-refractivity contribution in [2.45, 2.75) is 91.4 Å². The minimum Gasteiger partial charge on any atom is -0.460 e. The van der Waals surface area contributed by atoms with Crippen molar-refractivity contribution < 1.29 is 28.2 Å². The third-order valence-electron chi connectivity index (χ3n) is 9.03. The zero-order valence-corrected chi connectivity index (χ0v) is 31.6. The highest BCUT2D eigenvalue weighted by molar-refractivity contribution is 6.06. The van der Waals surface area contributed by atoms with Crippen LogP contribution in [0.15, 0.2) is 67.0 Å². The van der Waals surface area contributed by atoms with Gasteiger partial charge in [0.2, 0.25) is 0 Å². The number of aromatic nitrogens is 3. The molecule has 0 saturated heterocycles. The van der Waals surface area contributed by atoms with Crippen LogP contribution in [0, 0.1) is 18.6 Å². The molecule has 9 nitrogen and oxygen atoms in total. The molecular weight excluding hydrogens is 676 g/mol. The number of anilines is 1. The van der Waals surface area contributed by atoms with Gasteiger partial charge in [0, 0.05) is 35.3 Å². The Morgan fingerprint density at radius 1 is 0.925 bits per heavy atom. The average Bonchev–Trinajstić information content (AvgIpc) is 3.51. The molecule has 280 valence electrons. The molecule has 0 atom stereocenters. The minimum absolute atomic E-state index is 0.135. The fourth-order valence-electron chi connectivity index (χ4n) is 6.21. The highest BCUT2D eigenvalue weighted by Gasteiger charge is 2.22. The van der Waals surface area contributed by atoms with Gasteiger partial charge in [0.15, 0.2) is 0 Å². The number of esters is 1. The van der Waals surface area contributed by atoms with E-state index in [0.717, 1.165) is 56.1 Å². The largest absolute Gasteiger partial charge is 0.460 e. The SMILES string of the molecule is Cc1c(NC(=O)c2ccc(C(C)(C)O)cc2F)cc(F)cc1-c1ncnc2[nH]c(-c3ccc(CN(C)CCCCCCC(=O)OC(C)(C)C)cc3)cc12. The molecule has 11 heteroatoms. The second kappa shape index (κ2) is 16.3. The number of hydrogen-bond acceptors (Lipinski definition) is 7. The van der Waals surface area contributed by atoms with E-state index in [0.29, 0.717) is 39.8 Å². The van der Waals surface area contributed by atoms with Gasteiger partial charge in [-0.05, 0) is 121 Å². The van der Waals surface area contributed by atoms with Gasteiger partial charge in [0.1, 0.15) is 29.2 Å². The monoisotopic (exact) mass is 725 g/mol. The summed E-state index contributed by atoms with van der Waals surface area (Å²) < 4.78 is 35.4. The summed E-state index contributed by atoms with van der Waals surface area (Å²) in [6.45, 7) is 12.2. The van der Waals surface area contributed by atoms with E-state index in [1.807, 2.05) is 39.0 Å². The van der Waals surface area contributed by atoms with E-state index >= 15 is 4.39 Å². The van der Waals surface area contributed by atoms with Crippen LogP contribution in [-0.2, 0) is 21.7 Å². The van der Waals surface area contributed by atoms with Crippen molar-refractivity contribution in [2.24, 2.45) is 0 Å². The van der Waals surface area contributed by atoms with Gasteiger partial charge in [-0.1, -0.05) is 43.2 Å². The lowest BCUT2D eigenvalue weighted by atomic mass is 9.96. The quantitative estimate of drug-likeness (QED) is 0.0772. The molecule has 5 rings (SSSR count).